The van der Waals surface area contributed by atoms with Crippen LogP contribution >= 0.6 is 24.0 Å². The summed E-state index contributed by atoms with van der Waals surface area (Å²) in [6, 6.07) is 6.47. The van der Waals surface area contributed by atoms with E-state index in [0.29, 0.717) is 19.3 Å². The van der Waals surface area contributed by atoms with E-state index in [1.54, 1.807) is 18.2 Å². The van der Waals surface area contributed by atoms with Gasteiger partial charge in [-0.05, 0) is 51.7 Å². The van der Waals surface area contributed by atoms with Crippen LogP contribution < -0.4 is 10.1 Å². The van der Waals surface area contributed by atoms with Crippen LogP contribution in [0.25, 0.3) is 0 Å². The molecule has 30 heavy (non-hydrogen) atoms. The van der Waals surface area contributed by atoms with E-state index in [2.05, 4.69) is 17.1 Å². The number of rotatable bonds is 8. The molecule has 3 rings (SSSR count). The first-order chi connectivity index (χ1) is 14.2. The van der Waals surface area contributed by atoms with Gasteiger partial charge in [0.15, 0.2) is 17.5 Å². The molecular formula is C22H35FIN3O3. The molecule has 1 aromatic carbocycles. The molecule has 1 aromatic rings. The van der Waals surface area contributed by atoms with Crippen LogP contribution in [0, 0.1) is 5.82 Å². The van der Waals surface area contributed by atoms with E-state index in [-0.39, 0.29) is 47.8 Å². The second-order valence-electron chi connectivity index (χ2n) is 7.71. The molecular weight excluding hydrogens is 500 g/mol. The van der Waals surface area contributed by atoms with Crippen molar-refractivity contribution in [3.63, 3.8) is 0 Å². The van der Waals surface area contributed by atoms with Crippen molar-refractivity contribution >= 4 is 29.9 Å². The van der Waals surface area contributed by atoms with Crippen molar-refractivity contribution in [2.24, 2.45) is 4.99 Å². The smallest absolute Gasteiger partial charge is 0.194 e. The minimum Gasteiger partial charge on any atom is -0.486 e. The minimum atomic E-state index is -0.347. The predicted molar refractivity (Wildman–Crippen MR) is 127 cm³/mol. The van der Waals surface area contributed by atoms with E-state index >= 15 is 0 Å². The zero-order chi connectivity index (χ0) is 20.5. The quantitative estimate of drug-likeness (QED) is 0.312. The molecule has 0 saturated carbocycles. The molecule has 2 heterocycles. The number of para-hydroxylation sites is 1. The maximum atomic E-state index is 13.8. The molecule has 0 spiro atoms. The first-order valence-electron chi connectivity index (χ1n) is 10.8. The number of likely N-dealkylation sites (tertiary alicyclic amines) is 1. The minimum absolute atomic E-state index is 0. The van der Waals surface area contributed by atoms with Crippen LogP contribution in [-0.4, -0.2) is 68.6 Å². The Bertz CT molecular complexity index is 650. The highest BCUT2D eigenvalue weighted by molar-refractivity contribution is 14.0. The van der Waals surface area contributed by atoms with E-state index < -0.39 is 0 Å². The van der Waals surface area contributed by atoms with E-state index in [1.165, 1.54) is 6.07 Å². The Kier molecular flexibility index (Phi) is 11.2. The van der Waals surface area contributed by atoms with Crippen molar-refractivity contribution in [2.75, 3.05) is 39.4 Å². The van der Waals surface area contributed by atoms with Gasteiger partial charge in [0, 0.05) is 26.2 Å². The topological polar surface area (TPSA) is 55.3 Å². The van der Waals surface area contributed by atoms with Gasteiger partial charge in [0.25, 0.3) is 0 Å². The maximum absolute atomic E-state index is 13.8. The Morgan fingerprint density at radius 2 is 2.07 bits per heavy atom. The summed E-state index contributed by atoms with van der Waals surface area (Å²) in [5.74, 6) is 0.804. The van der Waals surface area contributed by atoms with E-state index in [1.807, 2.05) is 6.92 Å². The summed E-state index contributed by atoms with van der Waals surface area (Å²) in [6.07, 6.45) is 4.59. The van der Waals surface area contributed by atoms with Crippen LogP contribution in [0.5, 0.6) is 5.75 Å². The Morgan fingerprint density at radius 1 is 1.30 bits per heavy atom. The number of hydrogen-bond donors (Lipinski definition) is 1. The molecule has 0 amide bonds. The fourth-order valence-electron chi connectivity index (χ4n) is 3.69. The molecule has 0 aliphatic carbocycles. The zero-order valence-electron chi connectivity index (χ0n) is 18.0. The number of benzene rings is 1. The lowest BCUT2D eigenvalue weighted by Crippen LogP contribution is -2.47. The van der Waals surface area contributed by atoms with Crippen molar-refractivity contribution < 1.29 is 18.6 Å². The van der Waals surface area contributed by atoms with Gasteiger partial charge < -0.3 is 24.4 Å². The summed E-state index contributed by atoms with van der Waals surface area (Å²) in [4.78, 5) is 6.99. The van der Waals surface area contributed by atoms with Gasteiger partial charge in [-0.1, -0.05) is 12.1 Å². The molecule has 170 valence electrons. The lowest BCUT2D eigenvalue weighted by Gasteiger charge is -2.34. The monoisotopic (exact) mass is 535 g/mol. The van der Waals surface area contributed by atoms with Crippen molar-refractivity contribution in [3.05, 3.63) is 30.1 Å². The molecule has 2 fully saturated rings. The van der Waals surface area contributed by atoms with Gasteiger partial charge >= 0.3 is 0 Å². The summed E-state index contributed by atoms with van der Waals surface area (Å²) in [5.41, 5.74) is 0. The Balaban J connectivity index is 0.00000320. The third kappa shape index (κ3) is 7.85. The SMILES string of the molecule is CCNC(=NCC(C)Oc1ccccc1F)N1CCC(OCC2CCCO2)CC1.I. The summed E-state index contributed by atoms with van der Waals surface area (Å²) < 4.78 is 31.2. The van der Waals surface area contributed by atoms with Gasteiger partial charge in [-0.25, -0.2) is 9.38 Å². The molecule has 2 saturated heterocycles. The van der Waals surface area contributed by atoms with Crippen molar-refractivity contribution in [3.8, 4) is 5.75 Å². The highest BCUT2D eigenvalue weighted by atomic mass is 127. The average molecular weight is 535 g/mol. The zero-order valence-corrected chi connectivity index (χ0v) is 20.3. The van der Waals surface area contributed by atoms with Gasteiger partial charge in [-0.15, -0.1) is 24.0 Å². The highest BCUT2D eigenvalue weighted by Gasteiger charge is 2.24. The van der Waals surface area contributed by atoms with E-state index in [4.69, 9.17) is 19.2 Å². The van der Waals surface area contributed by atoms with Crippen LogP contribution in [0.3, 0.4) is 0 Å². The van der Waals surface area contributed by atoms with Crippen molar-refractivity contribution in [2.45, 2.75) is 57.8 Å². The fourth-order valence-corrected chi connectivity index (χ4v) is 3.69. The second kappa shape index (κ2) is 13.3. The Labute approximate surface area is 196 Å². The molecule has 0 aromatic heterocycles. The van der Waals surface area contributed by atoms with Crippen molar-refractivity contribution in [1.29, 1.82) is 0 Å². The number of ether oxygens (including phenoxy) is 3. The molecule has 2 aliphatic heterocycles. The fraction of sp³-hybridized carbons (Fsp3) is 0.682. The summed E-state index contributed by atoms with van der Waals surface area (Å²) in [5, 5.41) is 3.36. The van der Waals surface area contributed by atoms with Crippen molar-refractivity contribution in [1.82, 2.24) is 10.2 Å². The lowest BCUT2D eigenvalue weighted by atomic mass is 10.1. The number of piperidine rings is 1. The maximum Gasteiger partial charge on any atom is 0.194 e. The van der Waals surface area contributed by atoms with Gasteiger partial charge in [-0.3, -0.25) is 0 Å². The summed E-state index contributed by atoms with van der Waals surface area (Å²) >= 11 is 0. The largest absolute Gasteiger partial charge is 0.486 e. The number of halogens is 2. The molecule has 1 N–H and O–H groups in total. The van der Waals surface area contributed by atoms with Gasteiger partial charge in [0.1, 0.15) is 6.10 Å². The van der Waals surface area contributed by atoms with Gasteiger partial charge in [0.2, 0.25) is 0 Å². The molecule has 0 bridgehead atoms. The lowest BCUT2D eigenvalue weighted by molar-refractivity contribution is -0.0367. The van der Waals surface area contributed by atoms with E-state index in [9.17, 15) is 4.39 Å². The molecule has 2 atom stereocenters. The second-order valence-corrected chi connectivity index (χ2v) is 7.71. The molecule has 0 radical (unpaired) electrons. The van der Waals surface area contributed by atoms with Crippen LogP contribution in [-0.2, 0) is 9.47 Å². The van der Waals surface area contributed by atoms with Gasteiger partial charge in [-0.2, -0.15) is 0 Å². The van der Waals surface area contributed by atoms with Crippen LogP contribution in [0.4, 0.5) is 4.39 Å². The van der Waals surface area contributed by atoms with Crippen LogP contribution in [0.1, 0.15) is 39.5 Å². The van der Waals surface area contributed by atoms with Crippen LogP contribution in [0.2, 0.25) is 0 Å². The average Bonchev–Trinajstić information content (AvgIpc) is 3.25. The normalized spacial score (nSPS) is 21.2. The molecule has 8 heteroatoms. The number of hydrogen-bond acceptors (Lipinski definition) is 4. The van der Waals surface area contributed by atoms with Crippen LogP contribution in [0.15, 0.2) is 29.3 Å². The first-order valence-corrected chi connectivity index (χ1v) is 10.8. The predicted octanol–water partition coefficient (Wildman–Crippen LogP) is 3.84. The number of guanidine groups is 1. The van der Waals surface area contributed by atoms with E-state index in [0.717, 1.165) is 57.9 Å². The highest BCUT2D eigenvalue weighted by Crippen LogP contribution is 2.19. The molecule has 6 nitrogen and oxygen atoms in total. The standard InChI is InChI=1S/C22H34FN3O3.HI/c1-3-24-22(25-15-17(2)29-21-9-5-4-8-20(21)23)26-12-10-18(11-13-26)28-16-19-7-6-14-27-19;/h4-5,8-9,17-19H,3,6-7,10-16H2,1-2H3,(H,24,25);1H. The third-order valence-electron chi connectivity index (χ3n) is 5.28. The Morgan fingerprint density at radius 3 is 2.73 bits per heavy atom. The van der Waals surface area contributed by atoms with Gasteiger partial charge in [0.05, 0.1) is 25.4 Å². The number of aliphatic imine (C=N–C) groups is 1. The number of nitrogens with zero attached hydrogens (tertiary/aromatic N) is 2. The third-order valence-corrected chi connectivity index (χ3v) is 5.28. The number of nitrogens with one attached hydrogen (secondary N) is 1. The molecule has 2 aliphatic rings. The molecule has 2 unspecified atom stereocenters. The summed E-state index contributed by atoms with van der Waals surface area (Å²) in [7, 11) is 0. The summed E-state index contributed by atoms with van der Waals surface area (Å²) in [6.45, 7) is 8.63. The Hall–Kier alpha value is -1.13. The first kappa shape index (κ1) is 25.1.